The van der Waals surface area contributed by atoms with E-state index in [9.17, 15) is 14.4 Å². The fourth-order valence-corrected chi connectivity index (χ4v) is 6.66. The maximum atomic E-state index is 12.8. The van der Waals surface area contributed by atoms with Gasteiger partial charge in [-0.25, -0.2) is 0 Å². The number of ether oxygens (including phenoxy) is 3. The highest BCUT2D eigenvalue weighted by Gasteiger charge is 2.19. The molecule has 0 heterocycles. The Bertz CT molecular complexity index is 1480. The molecule has 0 aromatic heterocycles. The van der Waals surface area contributed by atoms with Gasteiger partial charge in [-0.1, -0.05) is 193 Å². The van der Waals surface area contributed by atoms with Gasteiger partial charge in [0.15, 0.2) is 6.10 Å². The van der Waals surface area contributed by atoms with Crippen molar-refractivity contribution in [3.8, 4) is 0 Å². The van der Waals surface area contributed by atoms with Gasteiger partial charge in [-0.2, -0.15) is 0 Å². The molecule has 6 heteroatoms. The molecule has 0 aliphatic carbocycles. The lowest BCUT2D eigenvalue weighted by Gasteiger charge is -2.18. The molecule has 0 radical (unpaired) electrons. The summed E-state index contributed by atoms with van der Waals surface area (Å²) in [7, 11) is 0. The van der Waals surface area contributed by atoms with Gasteiger partial charge in [-0.3, -0.25) is 14.4 Å². The van der Waals surface area contributed by atoms with Gasteiger partial charge in [-0.15, -0.1) is 0 Å². The molecule has 0 unspecified atom stereocenters. The lowest BCUT2D eigenvalue weighted by Crippen LogP contribution is -2.30. The summed E-state index contributed by atoms with van der Waals surface area (Å²) < 4.78 is 16.7. The molecular formula is C61H96O6. The highest BCUT2D eigenvalue weighted by atomic mass is 16.6. The fraction of sp³-hybridized carbons (Fsp3) is 0.590. The van der Waals surface area contributed by atoms with E-state index in [1.807, 2.05) is 0 Å². The van der Waals surface area contributed by atoms with Crippen molar-refractivity contribution in [2.75, 3.05) is 13.2 Å². The van der Waals surface area contributed by atoms with Gasteiger partial charge in [0.05, 0.1) is 0 Å². The first-order chi connectivity index (χ1) is 33.0. The summed E-state index contributed by atoms with van der Waals surface area (Å²) in [5, 5.41) is 0. The van der Waals surface area contributed by atoms with Crippen LogP contribution in [0.5, 0.6) is 0 Å². The van der Waals surface area contributed by atoms with Crippen molar-refractivity contribution < 1.29 is 28.6 Å². The molecule has 0 amide bonds. The summed E-state index contributed by atoms with van der Waals surface area (Å²) in [6.07, 6.45) is 75.8. The molecule has 0 rings (SSSR count). The van der Waals surface area contributed by atoms with Crippen molar-refractivity contribution in [1.82, 2.24) is 0 Å². The molecule has 6 nitrogen and oxygen atoms in total. The van der Waals surface area contributed by atoms with Crippen LogP contribution in [0.1, 0.15) is 213 Å². The molecule has 376 valence electrons. The Morgan fingerprint density at radius 3 is 0.940 bits per heavy atom. The minimum absolute atomic E-state index is 0.120. The molecule has 0 aromatic rings. The van der Waals surface area contributed by atoms with Crippen molar-refractivity contribution >= 4 is 17.9 Å². The fourth-order valence-electron chi connectivity index (χ4n) is 6.66. The lowest BCUT2D eigenvalue weighted by atomic mass is 10.1. The van der Waals surface area contributed by atoms with Crippen molar-refractivity contribution in [3.05, 3.63) is 134 Å². The van der Waals surface area contributed by atoms with Crippen LogP contribution in [0.3, 0.4) is 0 Å². The summed E-state index contributed by atoms with van der Waals surface area (Å²) in [5.41, 5.74) is 0. The van der Waals surface area contributed by atoms with Gasteiger partial charge < -0.3 is 14.2 Å². The first-order valence-electron chi connectivity index (χ1n) is 26.7. The number of carbonyl (C=O) groups is 3. The summed E-state index contributed by atoms with van der Waals surface area (Å²) in [6, 6.07) is 0. The number of rotatable bonds is 46. The molecular weight excluding hydrogens is 829 g/mol. The molecule has 0 N–H and O–H groups in total. The first-order valence-corrected chi connectivity index (χ1v) is 26.7. The first kappa shape index (κ1) is 62.5. The van der Waals surface area contributed by atoms with Crippen LogP contribution < -0.4 is 0 Å². The van der Waals surface area contributed by atoms with Crippen LogP contribution in [0.4, 0.5) is 0 Å². The van der Waals surface area contributed by atoms with Crippen LogP contribution in [0.15, 0.2) is 134 Å². The third-order valence-electron chi connectivity index (χ3n) is 10.6. The second-order valence-electron chi connectivity index (χ2n) is 17.0. The van der Waals surface area contributed by atoms with E-state index >= 15 is 0 Å². The van der Waals surface area contributed by atoms with Crippen molar-refractivity contribution in [2.24, 2.45) is 0 Å². The monoisotopic (exact) mass is 925 g/mol. The second-order valence-corrected chi connectivity index (χ2v) is 17.0. The average molecular weight is 925 g/mol. The van der Waals surface area contributed by atoms with Gasteiger partial charge in [0.2, 0.25) is 0 Å². The molecule has 1 atom stereocenters. The van der Waals surface area contributed by atoms with E-state index in [4.69, 9.17) is 14.2 Å². The molecule has 0 aromatic carbocycles. The van der Waals surface area contributed by atoms with Gasteiger partial charge in [0.25, 0.3) is 0 Å². The molecule has 0 bridgehead atoms. The zero-order valence-electron chi connectivity index (χ0n) is 42.9. The van der Waals surface area contributed by atoms with E-state index in [2.05, 4.69) is 154 Å². The standard InChI is InChI=1S/C61H96O6/c1-4-7-10-13-16-19-22-25-28-29-30-31-34-36-39-42-45-48-51-54-60(63)66-57-58(67-61(64)55-52-49-46-43-40-37-33-27-24-21-18-15-12-9-6-3)56-65-59(62)53-50-47-44-41-38-35-32-26-23-20-17-14-11-8-5-2/h8-9,11-12,16-21,25-28,30-33,38,40-41,43,58H,4-7,10,13-15,22-24,29,34-37,39,42,44-57H2,1-3H3/b11-8-,12-9-,19-16-,20-17-,21-18-,28-25-,31-30-,32-26-,33-27-,41-38-,43-40-/t58-/m1/s1. The number of hydrogen-bond acceptors (Lipinski definition) is 6. The van der Waals surface area contributed by atoms with Crippen LogP contribution >= 0.6 is 0 Å². The van der Waals surface area contributed by atoms with Crippen molar-refractivity contribution in [3.63, 3.8) is 0 Å². The van der Waals surface area contributed by atoms with Gasteiger partial charge in [-0.05, 0) is 135 Å². The van der Waals surface area contributed by atoms with Gasteiger partial charge in [0, 0.05) is 19.3 Å². The predicted octanol–water partition coefficient (Wildman–Crippen LogP) is 17.9. The van der Waals surface area contributed by atoms with E-state index < -0.39 is 6.10 Å². The number of allylic oxidation sites excluding steroid dienone is 22. The Balaban J connectivity index is 4.55. The Labute approximate surface area is 411 Å². The van der Waals surface area contributed by atoms with Crippen molar-refractivity contribution in [2.45, 2.75) is 219 Å². The summed E-state index contributed by atoms with van der Waals surface area (Å²) in [4.78, 5) is 38.0. The Hall–Kier alpha value is -4.45. The zero-order valence-corrected chi connectivity index (χ0v) is 42.9. The van der Waals surface area contributed by atoms with Crippen LogP contribution in [-0.4, -0.2) is 37.2 Å². The van der Waals surface area contributed by atoms with Gasteiger partial charge >= 0.3 is 17.9 Å². The molecule has 0 aliphatic rings. The summed E-state index contributed by atoms with van der Waals surface area (Å²) in [5.74, 6) is -1.03. The second kappa shape index (κ2) is 54.2. The number of carbonyl (C=O) groups excluding carboxylic acids is 3. The molecule has 67 heavy (non-hydrogen) atoms. The Morgan fingerprint density at radius 1 is 0.313 bits per heavy atom. The van der Waals surface area contributed by atoms with Crippen LogP contribution in [0, 0.1) is 0 Å². The van der Waals surface area contributed by atoms with Gasteiger partial charge in [0.1, 0.15) is 13.2 Å². The van der Waals surface area contributed by atoms with Crippen LogP contribution in [-0.2, 0) is 28.6 Å². The van der Waals surface area contributed by atoms with E-state index in [1.54, 1.807) is 0 Å². The maximum absolute atomic E-state index is 12.8. The highest BCUT2D eigenvalue weighted by molar-refractivity contribution is 5.71. The molecule has 0 fully saturated rings. The number of esters is 3. The summed E-state index contributed by atoms with van der Waals surface area (Å²) >= 11 is 0. The van der Waals surface area contributed by atoms with E-state index in [-0.39, 0.29) is 44.0 Å². The number of hydrogen-bond donors (Lipinski definition) is 0. The average Bonchev–Trinajstić information content (AvgIpc) is 3.33. The quantitative estimate of drug-likeness (QED) is 0.0262. The highest BCUT2D eigenvalue weighted by Crippen LogP contribution is 2.12. The number of unbranched alkanes of at least 4 members (excludes halogenated alkanes) is 13. The largest absolute Gasteiger partial charge is 0.462 e. The molecule has 0 aliphatic heterocycles. The third kappa shape index (κ3) is 52.4. The Morgan fingerprint density at radius 2 is 0.582 bits per heavy atom. The SMILES string of the molecule is CC/C=C\C/C=C\C/C=C\C/C=C\CCCCC(=O)OC[C@H](COC(=O)CCCCCCCC/C=C\C/C=C\C/C=C\CCCCC)OC(=O)CCCC/C=C\C/C=C\C/C=C\C/C=C\CC. The summed E-state index contributed by atoms with van der Waals surface area (Å²) in [6.45, 7) is 6.28. The Kier molecular flexibility index (Phi) is 50.6. The lowest BCUT2D eigenvalue weighted by molar-refractivity contribution is -0.167. The molecule has 0 saturated heterocycles. The van der Waals surface area contributed by atoms with Crippen molar-refractivity contribution in [1.29, 1.82) is 0 Å². The van der Waals surface area contributed by atoms with Crippen LogP contribution in [0.25, 0.3) is 0 Å². The maximum Gasteiger partial charge on any atom is 0.306 e. The van der Waals surface area contributed by atoms with E-state index in [0.29, 0.717) is 19.3 Å². The minimum atomic E-state index is -0.827. The van der Waals surface area contributed by atoms with Crippen LogP contribution in [0.2, 0.25) is 0 Å². The third-order valence-corrected chi connectivity index (χ3v) is 10.6. The molecule has 0 spiro atoms. The normalized spacial score (nSPS) is 13.2. The zero-order chi connectivity index (χ0) is 48.6. The molecule has 0 saturated carbocycles. The smallest absolute Gasteiger partial charge is 0.306 e. The minimum Gasteiger partial charge on any atom is -0.462 e. The van der Waals surface area contributed by atoms with E-state index in [1.165, 1.54) is 38.5 Å². The topological polar surface area (TPSA) is 78.9 Å². The van der Waals surface area contributed by atoms with E-state index in [0.717, 1.165) is 122 Å². The predicted molar refractivity (Wildman–Crippen MR) is 288 cm³/mol.